The highest BCUT2D eigenvalue weighted by molar-refractivity contribution is 7.16. The van der Waals surface area contributed by atoms with Gasteiger partial charge in [0.2, 0.25) is 0 Å². The van der Waals surface area contributed by atoms with Crippen LogP contribution in [0.15, 0.2) is 17.6 Å². The van der Waals surface area contributed by atoms with Gasteiger partial charge in [0.1, 0.15) is 6.29 Å². The smallest absolute Gasteiger partial charge is 0.132 e. The van der Waals surface area contributed by atoms with Gasteiger partial charge in [0, 0.05) is 24.3 Å². The second-order valence-corrected chi connectivity index (χ2v) is 5.87. The Labute approximate surface area is 110 Å². The van der Waals surface area contributed by atoms with Crippen molar-refractivity contribution in [3.05, 3.63) is 23.2 Å². The number of hydrogen-bond donors (Lipinski definition) is 3. The molecule has 1 aromatic heterocycles. The van der Waals surface area contributed by atoms with E-state index in [1.165, 1.54) is 34.3 Å². The summed E-state index contributed by atoms with van der Waals surface area (Å²) in [5.74, 6) is 0.708. The molecule has 4 nitrogen and oxygen atoms in total. The molecule has 2 fully saturated rings. The average Bonchev–Trinajstić information content (AvgIpc) is 2.90. The molecule has 18 heavy (non-hydrogen) atoms. The molecule has 1 aliphatic carbocycles. The highest BCUT2D eigenvalue weighted by Gasteiger charge is 2.29. The minimum atomic E-state index is 0.193. The number of nitrogens with zero attached hydrogens (tertiary/aromatic N) is 1. The molecule has 2 aliphatic rings. The van der Waals surface area contributed by atoms with Crippen LogP contribution in [0.5, 0.6) is 0 Å². The summed E-state index contributed by atoms with van der Waals surface area (Å²) in [5.41, 5.74) is 5.81. The largest absolute Gasteiger partial charge is 0.357 e. The molecule has 0 bridgehead atoms. The number of benzene rings is 1. The number of nitrogens with one attached hydrogen (secondary N) is 3. The summed E-state index contributed by atoms with van der Waals surface area (Å²) < 4.78 is 1.30. The van der Waals surface area contributed by atoms with E-state index < -0.39 is 0 Å². The molecule has 3 N–H and O–H groups in total. The van der Waals surface area contributed by atoms with Crippen molar-refractivity contribution in [2.24, 2.45) is 0 Å². The Morgan fingerprint density at radius 1 is 1.22 bits per heavy atom. The molecule has 2 aromatic rings. The number of hydrogen-bond acceptors (Lipinski definition) is 5. The lowest BCUT2D eigenvalue weighted by atomic mass is 10.1. The van der Waals surface area contributed by atoms with Crippen molar-refractivity contribution in [3.63, 3.8) is 0 Å². The van der Waals surface area contributed by atoms with Crippen LogP contribution in [0, 0.1) is 0 Å². The topological polar surface area (TPSA) is 49.0 Å². The normalized spacial score (nSPS) is 20.7. The Morgan fingerprint density at radius 3 is 2.83 bits per heavy atom. The summed E-state index contributed by atoms with van der Waals surface area (Å²) in [6, 6.07) is 4.38. The predicted octanol–water partition coefficient (Wildman–Crippen LogP) is 2.06. The fourth-order valence-corrected chi connectivity index (χ4v) is 3.32. The summed E-state index contributed by atoms with van der Waals surface area (Å²) in [7, 11) is 0. The summed E-state index contributed by atoms with van der Waals surface area (Å²) >= 11 is 1.73. The number of thiazole rings is 1. The minimum absolute atomic E-state index is 0.193. The third kappa shape index (κ3) is 1.79. The summed E-state index contributed by atoms with van der Waals surface area (Å²) in [6.07, 6.45) is 2.80. The third-order valence-electron chi connectivity index (χ3n) is 3.65. The lowest BCUT2D eigenvalue weighted by Crippen LogP contribution is -2.39. The van der Waals surface area contributed by atoms with Gasteiger partial charge >= 0.3 is 0 Å². The van der Waals surface area contributed by atoms with E-state index in [4.69, 9.17) is 0 Å². The summed E-state index contributed by atoms with van der Waals surface area (Å²) in [4.78, 5) is 4.55. The second kappa shape index (κ2) is 4.19. The van der Waals surface area contributed by atoms with Gasteiger partial charge in [-0.25, -0.2) is 4.98 Å². The van der Waals surface area contributed by atoms with Gasteiger partial charge in [0.05, 0.1) is 15.7 Å². The molecule has 0 unspecified atom stereocenters. The predicted molar refractivity (Wildman–Crippen MR) is 75.0 cm³/mol. The number of fused-ring (bicyclic) bond motifs is 1. The summed E-state index contributed by atoms with van der Waals surface area (Å²) in [6.45, 7) is 2.05. The number of aromatic nitrogens is 1. The van der Waals surface area contributed by atoms with Crippen molar-refractivity contribution in [1.82, 2.24) is 15.6 Å². The minimum Gasteiger partial charge on any atom is -0.357 e. The quantitative estimate of drug-likeness (QED) is 0.790. The maximum Gasteiger partial charge on any atom is 0.132 e. The van der Waals surface area contributed by atoms with E-state index in [1.807, 2.05) is 5.51 Å². The van der Waals surface area contributed by atoms with Gasteiger partial charge in [-0.05, 0) is 30.9 Å². The van der Waals surface area contributed by atoms with Gasteiger partial charge in [0.15, 0.2) is 0 Å². The zero-order chi connectivity index (χ0) is 11.9. The number of anilines is 1. The zero-order valence-corrected chi connectivity index (χ0v) is 10.9. The molecular weight excluding hydrogens is 244 g/mol. The Hall–Kier alpha value is -1.17. The van der Waals surface area contributed by atoms with Crippen LogP contribution >= 0.6 is 11.3 Å². The van der Waals surface area contributed by atoms with Gasteiger partial charge in [0.25, 0.3) is 0 Å². The summed E-state index contributed by atoms with van der Waals surface area (Å²) in [5, 5.41) is 10.3. The lowest BCUT2D eigenvalue weighted by molar-refractivity contribution is 0.620. The fraction of sp³-hybridized carbons (Fsp3) is 0.462. The molecule has 2 heterocycles. The molecule has 1 aromatic carbocycles. The maximum atomic E-state index is 4.55. The first kappa shape index (κ1) is 10.7. The van der Waals surface area contributed by atoms with Gasteiger partial charge in [-0.3, -0.25) is 10.6 Å². The SMILES string of the molecule is c1nc2c(C3CC3)c(NC3NCCN3)ccc2s1. The zero-order valence-electron chi connectivity index (χ0n) is 10.1. The van der Waals surface area contributed by atoms with E-state index in [2.05, 4.69) is 33.1 Å². The van der Waals surface area contributed by atoms with Crippen LogP contribution in [0.25, 0.3) is 10.2 Å². The molecule has 1 saturated heterocycles. The molecule has 94 valence electrons. The van der Waals surface area contributed by atoms with E-state index >= 15 is 0 Å². The van der Waals surface area contributed by atoms with Gasteiger partial charge in [-0.2, -0.15) is 0 Å². The van der Waals surface area contributed by atoms with Crippen LogP contribution < -0.4 is 16.0 Å². The van der Waals surface area contributed by atoms with E-state index in [0.29, 0.717) is 5.92 Å². The van der Waals surface area contributed by atoms with Crippen molar-refractivity contribution in [1.29, 1.82) is 0 Å². The standard InChI is InChI=1S/C13H16N4S/c1-2-8(1)11-9(17-13-14-5-6-15-13)3-4-10-12(11)16-7-18-10/h3-4,7-8,13-15,17H,1-2,5-6H2. The molecule has 0 amide bonds. The monoisotopic (exact) mass is 260 g/mol. The van der Waals surface area contributed by atoms with Crippen LogP contribution in [0.1, 0.15) is 24.3 Å². The molecule has 0 radical (unpaired) electrons. The van der Waals surface area contributed by atoms with E-state index in [9.17, 15) is 0 Å². The van der Waals surface area contributed by atoms with Crippen molar-refractivity contribution < 1.29 is 0 Å². The third-order valence-corrected chi connectivity index (χ3v) is 4.44. The molecule has 1 aliphatic heterocycles. The molecule has 4 rings (SSSR count). The Bertz CT molecular complexity index is 569. The van der Waals surface area contributed by atoms with E-state index in [1.54, 1.807) is 11.3 Å². The van der Waals surface area contributed by atoms with Gasteiger partial charge in [-0.15, -0.1) is 11.3 Å². The van der Waals surface area contributed by atoms with E-state index in [0.717, 1.165) is 13.1 Å². The molecule has 0 atom stereocenters. The van der Waals surface area contributed by atoms with Crippen molar-refractivity contribution in [3.8, 4) is 0 Å². The number of rotatable bonds is 3. The Kier molecular flexibility index (Phi) is 2.50. The highest BCUT2D eigenvalue weighted by Crippen LogP contribution is 2.46. The van der Waals surface area contributed by atoms with Crippen molar-refractivity contribution in [2.45, 2.75) is 25.0 Å². The Balaban J connectivity index is 1.75. The maximum absolute atomic E-state index is 4.55. The van der Waals surface area contributed by atoms with Crippen LogP contribution in [-0.4, -0.2) is 24.4 Å². The molecular formula is C13H16N4S. The first-order valence-corrected chi connectivity index (χ1v) is 7.39. The molecule has 0 spiro atoms. The first-order chi connectivity index (χ1) is 8.92. The van der Waals surface area contributed by atoms with Crippen LogP contribution in [0.3, 0.4) is 0 Å². The van der Waals surface area contributed by atoms with Crippen LogP contribution in [0.2, 0.25) is 0 Å². The van der Waals surface area contributed by atoms with Crippen LogP contribution in [0.4, 0.5) is 5.69 Å². The van der Waals surface area contributed by atoms with Gasteiger partial charge in [-0.1, -0.05) is 0 Å². The highest BCUT2D eigenvalue weighted by atomic mass is 32.1. The Morgan fingerprint density at radius 2 is 2.06 bits per heavy atom. The van der Waals surface area contributed by atoms with Crippen molar-refractivity contribution >= 4 is 27.2 Å². The van der Waals surface area contributed by atoms with Crippen molar-refractivity contribution in [2.75, 3.05) is 18.4 Å². The first-order valence-electron chi connectivity index (χ1n) is 6.51. The van der Waals surface area contributed by atoms with Gasteiger partial charge < -0.3 is 5.32 Å². The lowest BCUT2D eigenvalue weighted by Gasteiger charge is -2.18. The molecule has 1 saturated carbocycles. The van der Waals surface area contributed by atoms with E-state index in [-0.39, 0.29) is 6.29 Å². The molecule has 5 heteroatoms. The second-order valence-electron chi connectivity index (χ2n) is 4.99. The van der Waals surface area contributed by atoms with Crippen LogP contribution in [-0.2, 0) is 0 Å². The average molecular weight is 260 g/mol. The fourth-order valence-electron chi connectivity index (χ4n) is 2.63.